The van der Waals surface area contributed by atoms with E-state index in [2.05, 4.69) is 15.3 Å². The molecule has 6 heteroatoms. The quantitative estimate of drug-likeness (QED) is 0.916. The Hall–Kier alpha value is -2.11. The molecule has 0 saturated carbocycles. The van der Waals surface area contributed by atoms with Crippen molar-refractivity contribution >= 4 is 5.82 Å². The predicted molar refractivity (Wildman–Crippen MR) is 76.1 cm³/mol. The van der Waals surface area contributed by atoms with Crippen LogP contribution in [0.15, 0.2) is 30.6 Å². The van der Waals surface area contributed by atoms with Gasteiger partial charge in [0.15, 0.2) is 0 Å². The number of hydrogen-bond acceptors (Lipinski definition) is 3. The molecule has 1 aromatic heterocycles. The van der Waals surface area contributed by atoms with Crippen molar-refractivity contribution in [3.05, 3.63) is 41.7 Å². The van der Waals surface area contributed by atoms with Crippen LogP contribution in [0.4, 0.5) is 19.0 Å². The Morgan fingerprint density at radius 1 is 1.10 bits per heavy atom. The van der Waals surface area contributed by atoms with Gasteiger partial charge in [0.2, 0.25) is 0 Å². The van der Waals surface area contributed by atoms with E-state index in [1.54, 1.807) is 13.1 Å². The van der Waals surface area contributed by atoms with Crippen molar-refractivity contribution in [2.75, 3.05) is 12.4 Å². The number of halogens is 3. The number of benzene rings is 1. The fraction of sp³-hybridized carbons (Fsp3) is 0.333. The van der Waals surface area contributed by atoms with E-state index < -0.39 is 11.7 Å². The Morgan fingerprint density at radius 2 is 1.76 bits per heavy atom. The maximum Gasteiger partial charge on any atom is 0.417 e. The molecule has 1 N–H and O–H groups in total. The standard InChI is InChI=1S/C15H16F3N3/c1-9(2)12-13(20-8-21-14(12)19-3)10-6-4-5-7-11(10)15(16,17)18/h4-9H,1-3H3,(H,19,20,21). The second-order valence-electron chi connectivity index (χ2n) is 4.93. The Bertz CT molecular complexity index is 636. The number of aromatic nitrogens is 2. The van der Waals surface area contributed by atoms with Crippen LogP contribution in [0.2, 0.25) is 0 Å². The fourth-order valence-electron chi connectivity index (χ4n) is 2.29. The van der Waals surface area contributed by atoms with Gasteiger partial charge in [0.1, 0.15) is 12.1 Å². The van der Waals surface area contributed by atoms with Gasteiger partial charge in [0.25, 0.3) is 0 Å². The summed E-state index contributed by atoms with van der Waals surface area (Å²) >= 11 is 0. The summed E-state index contributed by atoms with van der Waals surface area (Å²) in [6.07, 6.45) is -3.14. The lowest BCUT2D eigenvalue weighted by atomic mass is 9.94. The zero-order chi connectivity index (χ0) is 15.6. The minimum atomic E-state index is -4.42. The third-order valence-corrected chi connectivity index (χ3v) is 3.19. The summed E-state index contributed by atoms with van der Waals surface area (Å²) in [5.74, 6) is 0.539. The summed E-state index contributed by atoms with van der Waals surface area (Å²) in [6, 6.07) is 5.47. The van der Waals surface area contributed by atoms with Crippen molar-refractivity contribution in [2.24, 2.45) is 0 Å². The van der Waals surface area contributed by atoms with Gasteiger partial charge in [-0.2, -0.15) is 13.2 Å². The zero-order valence-corrected chi connectivity index (χ0v) is 12.0. The van der Waals surface area contributed by atoms with Gasteiger partial charge in [-0.05, 0) is 12.0 Å². The zero-order valence-electron chi connectivity index (χ0n) is 12.0. The van der Waals surface area contributed by atoms with Crippen LogP contribution in [0.3, 0.4) is 0 Å². The number of nitrogens with zero attached hydrogens (tertiary/aromatic N) is 2. The monoisotopic (exact) mass is 295 g/mol. The average molecular weight is 295 g/mol. The first kappa shape index (κ1) is 15.3. The highest BCUT2D eigenvalue weighted by Gasteiger charge is 2.34. The number of hydrogen-bond donors (Lipinski definition) is 1. The minimum absolute atomic E-state index is 0.00932. The highest BCUT2D eigenvalue weighted by molar-refractivity contribution is 5.72. The van der Waals surface area contributed by atoms with Crippen molar-refractivity contribution < 1.29 is 13.2 Å². The fourth-order valence-corrected chi connectivity index (χ4v) is 2.29. The van der Waals surface area contributed by atoms with Crippen LogP contribution in [-0.2, 0) is 6.18 Å². The maximum absolute atomic E-state index is 13.2. The van der Waals surface area contributed by atoms with E-state index in [1.807, 2.05) is 13.8 Å². The first-order valence-corrected chi connectivity index (χ1v) is 6.55. The van der Waals surface area contributed by atoms with Crippen LogP contribution in [-0.4, -0.2) is 17.0 Å². The van der Waals surface area contributed by atoms with Gasteiger partial charge >= 0.3 is 6.18 Å². The van der Waals surface area contributed by atoms with Gasteiger partial charge in [-0.15, -0.1) is 0 Å². The molecule has 2 aromatic rings. The van der Waals surface area contributed by atoms with Gasteiger partial charge in [-0.3, -0.25) is 0 Å². The van der Waals surface area contributed by atoms with Crippen molar-refractivity contribution in [2.45, 2.75) is 25.9 Å². The normalized spacial score (nSPS) is 11.8. The maximum atomic E-state index is 13.2. The Labute approximate surface area is 121 Å². The molecule has 0 aliphatic heterocycles. The SMILES string of the molecule is CNc1ncnc(-c2ccccc2C(F)(F)F)c1C(C)C. The second-order valence-corrected chi connectivity index (χ2v) is 4.93. The third kappa shape index (κ3) is 2.99. The summed E-state index contributed by atoms with van der Waals surface area (Å²) in [7, 11) is 1.69. The largest absolute Gasteiger partial charge is 0.417 e. The van der Waals surface area contributed by atoms with E-state index >= 15 is 0 Å². The van der Waals surface area contributed by atoms with Gasteiger partial charge in [-0.25, -0.2) is 9.97 Å². The van der Waals surface area contributed by atoms with Crippen LogP contribution >= 0.6 is 0 Å². The number of alkyl halides is 3. The molecule has 0 amide bonds. The molecule has 21 heavy (non-hydrogen) atoms. The molecule has 3 nitrogen and oxygen atoms in total. The molecule has 0 fully saturated rings. The first-order valence-electron chi connectivity index (χ1n) is 6.55. The van der Waals surface area contributed by atoms with Crippen LogP contribution < -0.4 is 5.32 Å². The molecule has 0 spiro atoms. The lowest BCUT2D eigenvalue weighted by Gasteiger charge is -2.18. The summed E-state index contributed by atoms with van der Waals surface area (Å²) in [6.45, 7) is 3.80. The Balaban J connectivity index is 2.74. The van der Waals surface area contributed by atoms with Gasteiger partial charge in [-0.1, -0.05) is 32.0 Å². The van der Waals surface area contributed by atoms with Crippen LogP contribution in [0.5, 0.6) is 0 Å². The summed E-state index contributed by atoms with van der Waals surface area (Å²) in [5, 5.41) is 2.91. The second kappa shape index (κ2) is 5.71. The highest BCUT2D eigenvalue weighted by Crippen LogP contribution is 2.39. The van der Waals surface area contributed by atoms with Crippen LogP contribution in [0.1, 0.15) is 30.9 Å². The molecule has 0 radical (unpaired) electrons. The first-order chi connectivity index (χ1) is 9.86. The third-order valence-electron chi connectivity index (χ3n) is 3.19. The van der Waals surface area contributed by atoms with E-state index in [0.29, 0.717) is 17.1 Å². The molecule has 112 valence electrons. The topological polar surface area (TPSA) is 37.8 Å². The van der Waals surface area contributed by atoms with Crippen molar-refractivity contribution in [3.8, 4) is 11.3 Å². The van der Waals surface area contributed by atoms with E-state index in [9.17, 15) is 13.2 Å². The lowest BCUT2D eigenvalue weighted by Crippen LogP contribution is -2.10. The lowest BCUT2D eigenvalue weighted by molar-refractivity contribution is -0.137. The summed E-state index contributed by atoms with van der Waals surface area (Å²) in [5.41, 5.74) is 0.384. The van der Waals surface area contributed by atoms with E-state index in [0.717, 1.165) is 6.07 Å². The summed E-state index contributed by atoms with van der Waals surface area (Å²) < 4.78 is 39.6. The molecule has 0 bridgehead atoms. The average Bonchev–Trinajstić information content (AvgIpc) is 2.45. The summed E-state index contributed by atoms with van der Waals surface area (Å²) in [4.78, 5) is 8.19. The Morgan fingerprint density at radius 3 is 2.33 bits per heavy atom. The van der Waals surface area contributed by atoms with Crippen molar-refractivity contribution in [3.63, 3.8) is 0 Å². The van der Waals surface area contributed by atoms with Crippen LogP contribution in [0.25, 0.3) is 11.3 Å². The number of nitrogens with one attached hydrogen (secondary N) is 1. The molecule has 1 heterocycles. The smallest absolute Gasteiger partial charge is 0.373 e. The number of anilines is 1. The molecular formula is C15H16F3N3. The van der Waals surface area contributed by atoms with Gasteiger partial charge < -0.3 is 5.32 Å². The van der Waals surface area contributed by atoms with Crippen molar-refractivity contribution in [1.29, 1.82) is 0 Å². The molecule has 1 aromatic carbocycles. The van der Waals surface area contributed by atoms with E-state index in [1.165, 1.54) is 18.5 Å². The molecule has 0 aliphatic carbocycles. The minimum Gasteiger partial charge on any atom is -0.373 e. The van der Waals surface area contributed by atoms with Crippen LogP contribution in [0, 0.1) is 0 Å². The van der Waals surface area contributed by atoms with Gasteiger partial charge in [0.05, 0.1) is 11.3 Å². The van der Waals surface area contributed by atoms with E-state index in [-0.39, 0.29) is 11.5 Å². The molecule has 0 aliphatic rings. The molecule has 0 saturated heterocycles. The molecule has 2 rings (SSSR count). The predicted octanol–water partition coefficient (Wildman–Crippen LogP) is 4.33. The Kier molecular flexibility index (Phi) is 4.16. The molecule has 0 unspecified atom stereocenters. The number of rotatable bonds is 3. The molecular weight excluding hydrogens is 279 g/mol. The highest BCUT2D eigenvalue weighted by atomic mass is 19.4. The van der Waals surface area contributed by atoms with E-state index in [4.69, 9.17) is 0 Å². The van der Waals surface area contributed by atoms with Gasteiger partial charge in [0, 0.05) is 18.2 Å². The molecule has 0 atom stereocenters. The van der Waals surface area contributed by atoms with Crippen molar-refractivity contribution in [1.82, 2.24) is 9.97 Å².